The monoisotopic (exact) mass is 289 g/mol. The van der Waals surface area contributed by atoms with Crippen molar-refractivity contribution >= 4 is 33.2 Å². The van der Waals surface area contributed by atoms with Gasteiger partial charge in [-0.1, -0.05) is 6.92 Å². The van der Waals surface area contributed by atoms with Gasteiger partial charge in [-0.25, -0.2) is 13.6 Å². The van der Waals surface area contributed by atoms with Gasteiger partial charge in [-0.05, 0) is 30.9 Å². The third-order valence-electron chi connectivity index (χ3n) is 2.62. The van der Waals surface area contributed by atoms with E-state index in [0.717, 1.165) is 13.0 Å². The first kappa shape index (κ1) is 15.1. The lowest BCUT2D eigenvalue weighted by atomic mass is 10.2. The van der Waals surface area contributed by atoms with Gasteiger partial charge in [0.05, 0.1) is 16.3 Å². The quantitative estimate of drug-likeness (QED) is 0.689. The highest BCUT2D eigenvalue weighted by Crippen LogP contribution is 2.22. The lowest BCUT2D eigenvalue weighted by molar-refractivity contribution is 0.598. The third-order valence-corrected chi connectivity index (χ3v) is 4.57. The molecule has 1 atom stereocenters. The van der Waals surface area contributed by atoms with Crippen LogP contribution in [0.15, 0.2) is 23.1 Å². The molecule has 102 valence electrons. The molecule has 1 unspecified atom stereocenters. The van der Waals surface area contributed by atoms with Crippen molar-refractivity contribution in [3.05, 3.63) is 18.2 Å². The van der Waals surface area contributed by atoms with Crippen LogP contribution in [0, 0.1) is 0 Å². The minimum Gasteiger partial charge on any atom is -0.397 e. The molecular formula is C11H19N3O2S2. The Morgan fingerprint density at radius 2 is 2.11 bits per heavy atom. The number of anilines is 2. The van der Waals surface area contributed by atoms with E-state index < -0.39 is 10.0 Å². The Kier molecular flexibility index (Phi) is 5.30. The van der Waals surface area contributed by atoms with Crippen LogP contribution in [0.3, 0.4) is 0 Å². The largest absolute Gasteiger partial charge is 0.397 e. The molecule has 0 amide bonds. The second-order valence-electron chi connectivity index (χ2n) is 4.06. The molecule has 0 radical (unpaired) electrons. The highest BCUT2D eigenvalue weighted by atomic mass is 32.2. The first-order valence-corrected chi connectivity index (χ1v) is 8.37. The van der Waals surface area contributed by atoms with E-state index in [0.29, 0.717) is 16.6 Å². The van der Waals surface area contributed by atoms with Crippen LogP contribution >= 0.6 is 11.8 Å². The summed E-state index contributed by atoms with van der Waals surface area (Å²) in [6.07, 6.45) is 3.03. The van der Waals surface area contributed by atoms with Gasteiger partial charge in [0, 0.05) is 11.8 Å². The number of hydrogen-bond donors (Lipinski definition) is 3. The Hall–Kier alpha value is -0.920. The summed E-state index contributed by atoms with van der Waals surface area (Å²) < 4.78 is 22.5. The number of benzene rings is 1. The van der Waals surface area contributed by atoms with E-state index in [4.69, 9.17) is 10.9 Å². The molecule has 0 aliphatic carbocycles. The van der Waals surface area contributed by atoms with Crippen molar-refractivity contribution in [1.82, 2.24) is 0 Å². The highest BCUT2D eigenvalue weighted by Gasteiger charge is 2.10. The van der Waals surface area contributed by atoms with E-state index in [1.54, 1.807) is 17.8 Å². The number of rotatable bonds is 6. The zero-order valence-electron chi connectivity index (χ0n) is 10.5. The standard InChI is InChI=1S/C11H19N3O2S2/c1-8(17-2)5-6-14-11-7-9(18(13,15)16)3-4-10(11)12/h3-4,7-8,14H,5-6,12H2,1-2H3,(H2,13,15,16). The molecule has 1 aromatic carbocycles. The number of sulfonamides is 1. The summed E-state index contributed by atoms with van der Waals surface area (Å²) in [7, 11) is -3.69. The van der Waals surface area contributed by atoms with E-state index in [2.05, 4.69) is 18.5 Å². The van der Waals surface area contributed by atoms with Gasteiger partial charge in [0.25, 0.3) is 0 Å². The number of hydrogen-bond acceptors (Lipinski definition) is 5. The molecule has 0 fully saturated rings. The molecule has 0 aliphatic rings. The van der Waals surface area contributed by atoms with E-state index in [-0.39, 0.29) is 4.90 Å². The van der Waals surface area contributed by atoms with E-state index in [1.807, 2.05) is 0 Å². The number of primary sulfonamides is 1. The van der Waals surface area contributed by atoms with Crippen LogP contribution in [0.4, 0.5) is 11.4 Å². The lowest BCUT2D eigenvalue weighted by Crippen LogP contribution is -2.14. The molecule has 0 saturated heterocycles. The first-order valence-electron chi connectivity index (χ1n) is 5.53. The van der Waals surface area contributed by atoms with Crippen molar-refractivity contribution in [2.45, 2.75) is 23.5 Å². The van der Waals surface area contributed by atoms with Crippen molar-refractivity contribution in [3.63, 3.8) is 0 Å². The summed E-state index contributed by atoms with van der Waals surface area (Å²) in [4.78, 5) is 0.0668. The zero-order valence-corrected chi connectivity index (χ0v) is 12.1. The summed E-state index contributed by atoms with van der Waals surface area (Å²) in [5, 5.41) is 8.75. The van der Waals surface area contributed by atoms with Gasteiger partial charge in [-0.3, -0.25) is 0 Å². The fraction of sp³-hybridized carbons (Fsp3) is 0.455. The Morgan fingerprint density at radius 1 is 1.44 bits per heavy atom. The predicted octanol–water partition coefficient (Wildman–Crippen LogP) is 1.47. The van der Waals surface area contributed by atoms with Crippen molar-refractivity contribution < 1.29 is 8.42 Å². The molecule has 0 aliphatic heterocycles. The van der Waals surface area contributed by atoms with Gasteiger partial charge >= 0.3 is 0 Å². The lowest BCUT2D eigenvalue weighted by Gasteiger charge is -2.12. The normalized spacial score (nSPS) is 13.3. The number of nitrogen functional groups attached to an aromatic ring is 1. The molecule has 0 aromatic heterocycles. The molecule has 0 spiro atoms. The van der Waals surface area contributed by atoms with Crippen LogP contribution in [-0.2, 0) is 10.0 Å². The zero-order chi connectivity index (χ0) is 13.8. The number of nitrogens with two attached hydrogens (primary N) is 2. The van der Waals surface area contributed by atoms with Crippen LogP contribution < -0.4 is 16.2 Å². The second-order valence-corrected chi connectivity index (χ2v) is 6.89. The fourth-order valence-corrected chi connectivity index (χ4v) is 2.29. The average molecular weight is 289 g/mol. The topological polar surface area (TPSA) is 98.2 Å². The number of nitrogens with one attached hydrogen (secondary N) is 1. The van der Waals surface area contributed by atoms with Crippen LogP contribution in [0.1, 0.15) is 13.3 Å². The van der Waals surface area contributed by atoms with Gasteiger partial charge in [0.15, 0.2) is 0 Å². The van der Waals surface area contributed by atoms with Gasteiger partial charge in [0.1, 0.15) is 0 Å². The molecule has 18 heavy (non-hydrogen) atoms. The second kappa shape index (κ2) is 6.31. The van der Waals surface area contributed by atoms with E-state index in [1.165, 1.54) is 12.1 Å². The summed E-state index contributed by atoms with van der Waals surface area (Å²) in [6.45, 7) is 2.87. The Labute approximate surface area is 112 Å². The number of thioether (sulfide) groups is 1. The Bertz CT molecular complexity index is 503. The highest BCUT2D eigenvalue weighted by molar-refractivity contribution is 7.99. The van der Waals surface area contributed by atoms with E-state index >= 15 is 0 Å². The van der Waals surface area contributed by atoms with Crippen molar-refractivity contribution in [3.8, 4) is 0 Å². The maximum atomic E-state index is 11.2. The van der Waals surface area contributed by atoms with Crippen LogP contribution in [-0.4, -0.2) is 26.5 Å². The van der Waals surface area contributed by atoms with Crippen LogP contribution in [0.2, 0.25) is 0 Å². The minimum atomic E-state index is -3.69. The average Bonchev–Trinajstić information content (AvgIpc) is 2.29. The molecule has 1 rings (SSSR count). The van der Waals surface area contributed by atoms with Gasteiger partial charge < -0.3 is 11.1 Å². The van der Waals surface area contributed by atoms with Gasteiger partial charge in [0.2, 0.25) is 10.0 Å². The Morgan fingerprint density at radius 3 is 2.67 bits per heavy atom. The molecule has 0 saturated carbocycles. The molecule has 1 aromatic rings. The van der Waals surface area contributed by atoms with Crippen LogP contribution in [0.25, 0.3) is 0 Å². The first-order chi connectivity index (χ1) is 8.34. The minimum absolute atomic E-state index is 0.0668. The molecule has 7 heteroatoms. The molecule has 0 bridgehead atoms. The molecule has 5 nitrogen and oxygen atoms in total. The van der Waals surface area contributed by atoms with Gasteiger partial charge in [-0.15, -0.1) is 0 Å². The molecule has 5 N–H and O–H groups in total. The molecular weight excluding hydrogens is 270 g/mol. The molecule has 0 heterocycles. The van der Waals surface area contributed by atoms with E-state index in [9.17, 15) is 8.42 Å². The summed E-state index contributed by atoms with van der Waals surface area (Å²) >= 11 is 1.78. The maximum Gasteiger partial charge on any atom is 0.238 e. The van der Waals surface area contributed by atoms with Crippen molar-refractivity contribution in [2.24, 2.45) is 5.14 Å². The SMILES string of the molecule is CSC(C)CCNc1cc(S(N)(=O)=O)ccc1N. The maximum absolute atomic E-state index is 11.2. The summed E-state index contributed by atoms with van der Waals surface area (Å²) in [5.74, 6) is 0. The van der Waals surface area contributed by atoms with Crippen molar-refractivity contribution in [1.29, 1.82) is 0 Å². The predicted molar refractivity (Wildman–Crippen MR) is 78.3 cm³/mol. The summed E-state index contributed by atoms with van der Waals surface area (Å²) in [6, 6.07) is 4.41. The smallest absolute Gasteiger partial charge is 0.238 e. The van der Waals surface area contributed by atoms with Gasteiger partial charge in [-0.2, -0.15) is 11.8 Å². The van der Waals surface area contributed by atoms with Crippen molar-refractivity contribution in [2.75, 3.05) is 23.9 Å². The Balaban J connectivity index is 2.76. The third kappa shape index (κ3) is 4.40. The summed E-state index contributed by atoms with van der Waals surface area (Å²) in [5.41, 5.74) is 6.90. The fourth-order valence-electron chi connectivity index (χ4n) is 1.39. The van der Waals surface area contributed by atoms with Crippen LogP contribution in [0.5, 0.6) is 0 Å².